The summed E-state index contributed by atoms with van der Waals surface area (Å²) < 4.78 is 0. The van der Waals surface area contributed by atoms with Crippen LogP contribution in [0.1, 0.15) is 0 Å². The number of hydrogen-bond donors (Lipinski definition) is 0. The van der Waals surface area contributed by atoms with Gasteiger partial charge in [0.25, 0.3) is 0 Å². The number of hydrogen-bond acceptors (Lipinski definition) is 0. The van der Waals surface area contributed by atoms with Crippen LogP contribution in [-0.4, -0.2) is 0 Å². The third kappa shape index (κ3) is 4.89. The van der Waals surface area contributed by atoms with Crippen LogP contribution in [0.25, 0.3) is 121 Å². The van der Waals surface area contributed by atoms with Gasteiger partial charge >= 0.3 is 0 Å². The lowest BCUT2D eigenvalue weighted by Crippen LogP contribution is -1.98. The first-order valence-electron chi connectivity index (χ1n) is 20.2. The summed E-state index contributed by atoms with van der Waals surface area (Å²) in [5, 5.41) is 10.2. The standard InChI is InChI=1S/C58H36/c1-6-19-37(20-7-1)48-35-43-33-44-36-49-47-32-18-31-46-45-30-17-16-29-42(45)34-50(57(46)47)58(49)54(41-27-14-5-15-28-41)56(44)53(40-25-12-4-13-26-40)55(43)52(39-23-10-3-11-24-39)51(48)38-21-8-2-9-22-38/h1-36H. The van der Waals surface area contributed by atoms with E-state index in [4.69, 9.17) is 0 Å². The van der Waals surface area contributed by atoms with Crippen LogP contribution < -0.4 is 0 Å². The Hall–Kier alpha value is -7.54. The van der Waals surface area contributed by atoms with Gasteiger partial charge < -0.3 is 0 Å². The molecule has 0 heteroatoms. The lowest BCUT2D eigenvalue weighted by Gasteiger charge is -2.25. The van der Waals surface area contributed by atoms with Crippen molar-refractivity contribution >= 4 is 43.1 Å². The monoisotopic (exact) mass is 732 g/mol. The first-order valence-corrected chi connectivity index (χ1v) is 20.2. The Balaban J connectivity index is 1.36. The second kappa shape index (κ2) is 13.0. The Morgan fingerprint density at radius 1 is 0.190 bits per heavy atom. The molecule has 0 unspecified atom stereocenters. The van der Waals surface area contributed by atoms with E-state index in [2.05, 4.69) is 218 Å². The van der Waals surface area contributed by atoms with Crippen molar-refractivity contribution in [3.63, 3.8) is 0 Å². The molecule has 0 bridgehead atoms. The minimum Gasteiger partial charge on any atom is -0.0622 e. The molecule has 0 aliphatic heterocycles. The Morgan fingerprint density at radius 2 is 0.621 bits per heavy atom. The molecular weight excluding hydrogens is 697 g/mol. The Morgan fingerprint density at radius 3 is 1.21 bits per heavy atom. The number of rotatable bonds is 5. The zero-order valence-corrected chi connectivity index (χ0v) is 31.8. The van der Waals surface area contributed by atoms with E-state index in [1.165, 1.54) is 121 Å². The van der Waals surface area contributed by atoms with Crippen LogP contribution in [0.5, 0.6) is 0 Å². The highest BCUT2D eigenvalue weighted by molar-refractivity contribution is 6.31. The molecule has 0 saturated heterocycles. The van der Waals surface area contributed by atoms with Crippen molar-refractivity contribution in [3.8, 4) is 77.9 Å². The SMILES string of the molecule is c1ccc(-c2cc3cc4cc5c(c(-c6ccccc6)c4c(-c4ccccc4)c3c(-c3ccccc3)c2-c2ccccc2)-c2cc3ccccc3c3cccc-5c23)cc1. The molecule has 0 saturated carbocycles. The van der Waals surface area contributed by atoms with E-state index < -0.39 is 0 Å². The van der Waals surface area contributed by atoms with Crippen LogP contribution in [-0.2, 0) is 0 Å². The predicted octanol–water partition coefficient (Wildman–Crippen LogP) is 16.3. The van der Waals surface area contributed by atoms with Crippen LogP contribution in [0.2, 0.25) is 0 Å². The van der Waals surface area contributed by atoms with E-state index in [1.807, 2.05) is 0 Å². The highest BCUT2D eigenvalue weighted by Gasteiger charge is 2.30. The van der Waals surface area contributed by atoms with Gasteiger partial charge in [-0.3, -0.25) is 0 Å². The Bertz CT molecular complexity index is 3380. The maximum atomic E-state index is 2.50. The molecule has 0 amide bonds. The molecule has 0 heterocycles. The first kappa shape index (κ1) is 32.7. The van der Waals surface area contributed by atoms with Gasteiger partial charge in [0.05, 0.1) is 0 Å². The summed E-state index contributed by atoms with van der Waals surface area (Å²) in [6.07, 6.45) is 0. The topological polar surface area (TPSA) is 0 Å². The summed E-state index contributed by atoms with van der Waals surface area (Å²) in [6, 6.07) is 80.9. The Kier molecular flexibility index (Phi) is 7.33. The molecule has 0 spiro atoms. The van der Waals surface area contributed by atoms with Gasteiger partial charge in [-0.1, -0.05) is 194 Å². The van der Waals surface area contributed by atoms with Crippen molar-refractivity contribution in [3.05, 3.63) is 218 Å². The molecule has 12 rings (SSSR count). The smallest absolute Gasteiger partial charge is 0.00132 e. The molecule has 268 valence electrons. The zero-order chi connectivity index (χ0) is 38.2. The number of fused-ring (bicyclic) bond motifs is 7. The lowest BCUT2D eigenvalue weighted by molar-refractivity contribution is 1.58. The molecule has 0 atom stereocenters. The zero-order valence-electron chi connectivity index (χ0n) is 31.8. The summed E-state index contributed by atoms with van der Waals surface area (Å²) in [6.45, 7) is 0. The third-order valence-electron chi connectivity index (χ3n) is 12.3. The van der Waals surface area contributed by atoms with Crippen molar-refractivity contribution in [2.24, 2.45) is 0 Å². The summed E-state index contributed by atoms with van der Waals surface area (Å²) in [7, 11) is 0. The van der Waals surface area contributed by atoms with Gasteiger partial charge in [-0.2, -0.15) is 0 Å². The fourth-order valence-corrected chi connectivity index (χ4v) is 9.97. The molecule has 1 aliphatic rings. The average Bonchev–Trinajstić information content (AvgIpc) is 3.61. The van der Waals surface area contributed by atoms with Gasteiger partial charge in [0.1, 0.15) is 0 Å². The van der Waals surface area contributed by atoms with Crippen molar-refractivity contribution in [2.45, 2.75) is 0 Å². The van der Waals surface area contributed by atoms with Crippen molar-refractivity contribution in [1.82, 2.24) is 0 Å². The molecule has 0 fully saturated rings. The van der Waals surface area contributed by atoms with E-state index in [0.29, 0.717) is 0 Å². The fourth-order valence-electron chi connectivity index (χ4n) is 9.97. The summed E-state index contributed by atoms with van der Waals surface area (Å²) in [5.41, 5.74) is 17.5. The van der Waals surface area contributed by atoms with Gasteiger partial charge in [-0.05, 0) is 145 Å². The maximum absolute atomic E-state index is 2.50. The van der Waals surface area contributed by atoms with Gasteiger partial charge in [0, 0.05) is 0 Å². The van der Waals surface area contributed by atoms with Gasteiger partial charge in [0.2, 0.25) is 0 Å². The van der Waals surface area contributed by atoms with E-state index in [9.17, 15) is 0 Å². The lowest BCUT2D eigenvalue weighted by atomic mass is 9.78. The molecule has 1 aliphatic carbocycles. The molecule has 58 heavy (non-hydrogen) atoms. The van der Waals surface area contributed by atoms with Gasteiger partial charge in [-0.15, -0.1) is 0 Å². The van der Waals surface area contributed by atoms with Crippen LogP contribution in [0.15, 0.2) is 218 Å². The third-order valence-corrected chi connectivity index (χ3v) is 12.3. The van der Waals surface area contributed by atoms with Crippen molar-refractivity contribution in [2.75, 3.05) is 0 Å². The second-order valence-electron chi connectivity index (χ2n) is 15.5. The molecule has 0 nitrogen and oxygen atoms in total. The normalized spacial score (nSPS) is 11.8. The average molecular weight is 733 g/mol. The van der Waals surface area contributed by atoms with Crippen molar-refractivity contribution < 1.29 is 0 Å². The molecule has 0 N–H and O–H groups in total. The second-order valence-corrected chi connectivity index (χ2v) is 15.5. The highest BCUT2D eigenvalue weighted by Crippen LogP contribution is 2.58. The van der Waals surface area contributed by atoms with Gasteiger partial charge in [0.15, 0.2) is 0 Å². The largest absolute Gasteiger partial charge is 0.0622 e. The van der Waals surface area contributed by atoms with Gasteiger partial charge in [-0.25, -0.2) is 0 Å². The molecule has 0 aromatic heterocycles. The quantitative estimate of drug-likeness (QED) is 0.122. The molecule has 11 aromatic rings. The van der Waals surface area contributed by atoms with Crippen LogP contribution in [0.4, 0.5) is 0 Å². The highest BCUT2D eigenvalue weighted by atomic mass is 14.3. The predicted molar refractivity (Wildman–Crippen MR) is 248 cm³/mol. The summed E-state index contributed by atoms with van der Waals surface area (Å²) >= 11 is 0. The summed E-state index contributed by atoms with van der Waals surface area (Å²) in [5.74, 6) is 0. The fraction of sp³-hybridized carbons (Fsp3) is 0. The van der Waals surface area contributed by atoms with E-state index in [-0.39, 0.29) is 0 Å². The molecular formula is C58H36. The number of benzene rings is 11. The van der Waals surface area contributed by atoms with E-state index in [1.54, 1.807) is 0 Å². The minimum absolute atomic E-state index is 1.20. The minimum atomic E-state index is 1.20. The molecule has 0 radical (unpaired) electrons. The first-order chi connectivity index (χ1) is 28.8. The van der Waals surface area contributed by atoms with Crippen molar-refractivity contribution in [1.29, 1.82) is 0 Å². The van der Waals surface area contributed by atoms with E-state index >= 15 is 0 Å². The van der Waals surface area contributed by atoms with Crippen LogP contribution in [0, 0.1) is 0 Å². The van der Waals surface area contributed by atoms with E-state index in [0.717, 1.165) is 0 Å². The Labute approximate surface area is 337 Å². The summed E-state index contributed by atoms with van der Waals surface area (Å²) in [4.78, 5) is 0. The molecule has 11 aromatic carbocycles. The van der Waals surface area contributed by atoms with Crippen LogP contribution in [0.3, 0.4) is 0 Å². The maximum Gasteiger partial charge on any atom is -0.00132 e. The van der Waals surface area contributed by atoms with Crippen LogP contribution >= 0.6 is 0 Å².